The van der Waals surface area contributed by atoms with E-state index in [0.29, 0.717) is 0 Å². The van der Waals surface area contributed by atoms with E-state index in [0.717, 1.165) is 170 Å². The highest BCUT2D eigenvalue weighted by atomic mass is 16.5. The highest BCUT2D eigenvalue weighted by Gasteiger charge is 2.51. The van der Waals surface area contributed by atoms with Gasteiger partial charge in [-0.25, -0.2) is 0 Å². The Kier molecular flexibility index (Phi) is 15.1. The van der Waals surface area contributed by atoms with Gasteiger partial charge in [-0.3, -0.25) is 0 Å². The molecule has 17 aromatic rings. The summed E-state index contributed by atoms with van der Waals surface area (Å²) in [5.74, 6) is 3.20. The van der Waals surface area contributed by atoms with Crippen molar-refractivity contribution in [2.75, 3.05) is 34.3 Å². The summed E-state index contributed by atoms with van der Waals surface area (Å²) in [6.07, 6.45) is 0. The SMILES string of the molecule is c1ccc(N(c2ccccc2)c2cc3c4c(c2)N(c2ccccc2)c2cc5c(cc2B4c2ccccc2O3)B2c3cc4c(cc3Oc3cc(N(c6ccccc6)c6ccccc6)cc(c32)N5c2ccccc2)N(c2ccccc2)c2cc(N(c3ccccc3)c3ccccc3)cc3c2B4c2ccccc2N3c2ccccc2)cc1. The molecule has 9 nitrogen and oxygen atoms in total. The second-order valence-electron chi connectivity index (χ2n) is 29.9. The molecule has 6 aliphatic rings. The van der Waals surface area contributed by atoms with Crippen LogP contribution in [0.25, 0.3) is 0 Å². The van der Waals surface area contributed by atoms with E-state index in [1.165, 1.54) is 21.9 Å². The standard InChI is InChI=1S/C102H68B3N7O2/c1-11-35-69(36-12-1)106(70-37-13-2-14-38-70)79-59-92-100-93(60-79)112(78-53-29-10-30-54-78)91-68-97-87(66-86(91)103(100)82-55-31-33-57-88(82)109(92)75-47-23-7-24-48-75)105-85-65-84-89(67-90(85)111(77-51-27-9-28-52-77)95-62-81(64-99(114-97)102(95)105)108(73-43-19-5-20-44-73)74-45-21-6-22-46-74)110(76-49-25-8-26-50-76)94-61-80(63-98-101(94)104(84)83-56-32-34-58-96(83)113-98)107(71-39-15-3-16-40-71)72-41-17-4-18-42-72/h1-68H. The van der Waals surface area contributed by atoms with Gasteiger partial charge in [-0.15, -0.1) is 0 Å². The van der Waals surface area contributed by atoms with Crippen LogP contribution in [0.2, 0.25) is 0 Å². The van der Waals surface area contributed by atoms with Gasteiger partial charge in [-0.1, -0.05) is 231 Å². The Hall–Kier alpha value is -14.9. The quantitative estimate of drug-likeness (QED) is 0.105. The predicted octanol–water partition coefficient (Wildman–Crippen LogP) is 21.0. The first-order valence-electron chi connectivity index (χ1n) is 39.1. The maximum Gasteiger partial charge on any atom is 0.256 e. The van der Waals surface area contributed by atoms with E-state index in [9.17, 15) is 0 Å². The second-order valence-corrected chi connectivity index (χ2v) is 29.9. The monoisotopic (exact) mass is 1460 g/mol. The van der Waals surface area contributed by atoms with Crippen LogP contribution in [0.4, 0.5) is 119 Å². The third-order valence-electron chi connectivity index (χ3n) is 23.5. The van der Waals surface area contributed by atoms with Gasteiger partial charge in [0, 0.05) is 121 Å². The Balaban J connectivity index is 0.822. The minimum atomic E-state index is -0.382. The molecule has 0 radical (unpaired) electrons. The zero-order chi connectivity index (χ0) is 74.9. The third-order valence-corrected chi connectivity index (χ3v) is 23.5. The van der Waals surface area contributed by atoms with Crippen molar-refractivity contribution in [3.8, 4) is 23.0 Å². The van der Waals surface area contributed by atoms with Crippen LogP contribution >= 0.6 is 0 Å². The number of nitrogens with zero attached hydrogens (tertiary/aromatic N) is 7. The fourth-order valence-corrected chi connectivity index (χ4v) is 18.9. The Morgan fingerprint density at radius 1 is 0.167 bits per heavy atom. The highest BCUT2D eigenvalue weighted by Crippen LogP contribution is 2.54. The van der Waals surface area contributed by atoms with Crippen LogP contribution in [0, 0.1) is 0 Å². The van der Waals surface area contributed by atoms with E-state index >= 15 is 0 Å². The van der Waals surface area contributed by atoms with Gasteiger partial charge in [0.25, 0.3) is 20.1 Å². The van der Waals surface area contributed by atoms with Crippen molar-refractivity contribution in [1.82, 2.24) is 0 Å². The highest BCUT2D eigenvalue weighted by molar-refractivity contribution is 7.04. The van der Waals surface area contributed by atoms with Crippen LogP contribution in [0.15, 0.2) is 413 Å². The second kappa shape index (κ2) is 26.4. The van der Waals surface area contributed by atoms with Crippen molar-refractivity contribution in [2.24, 2.45) is 0 Å². The zero-order valence-electron chi connectivity index (χ0n) is 61.9. The Morgan fingerprint density at radius 2 is 0.439 bits per heavy atom. The van der Waals surface area contributed by atoms with E-state index in [2.05, 4.69) is 447 Å². The minimum absolute atomic E-state index is 0.249. The fourth-order valence-electron chi connectivity index (χ4n) is 18.9. The van der Waals surface area contributed by atoms with Gasteiger partial charge in [0.2, 0.25) is 0 Å². The van der Waals surface area contributed by atoms with Gasteiger partial charge < -0.3 is 43.8 Å². The van der Waals surface area contributed by atoms with Gasteiger partial charge in [-0.05, 0) is 213 Å². The van der Waals surface area contributed by atoms with Crippen LogP contribution in [-0.2, 0) is 0 Å². The number of hydrogen-bond donors (Lipinski definition) is 0. The van der Waals surface area contributed by atoms with Crippen LogP contribution in [0.3, 0.4) is 0 Å². The van der Waals surface area contributed by atoms with Gasteiger partial charge in [0.1, 0.15) is 23.0 Å². The summed E-state index contributed by atoms with van der Waals surface area (Å²) in [4.78, 5) is 17.2. The summed E-state index contributed by atoms with van der Waals surface area (Å²) in [5.41, 5.74) is 32.2. The van der Waals surface area contributed by atoms with E-state index < -0.39 is 0 Å². The van der Waals surface area contributed by atoms with E-state index in [1.54, 1.807) is 0 Å². The molecule has 0 spiro atoms. The van der Waals surface area contributed by atoms with E-state index in [4.69, 9.17) is 9.47 Å². The zero-order valence-corrected chi connectivity index (χ0v) is 61.9. The molecular weight excluding hydrogens is 1390 g/mol. The first-order valence-corrected chi connectivity index (χ1v) is 39.1. The largest absolute Gasteiger partial charge is 0.458 e. The Bertz CT molecular complexity index is 6490. The molecule has 6 heterocycles. The third kappa shape index (κ3) is 10.3. The molecule has 0 saturated carbocycles. The summed E-state index contributed by atoms with van der Waals surface area (Å²) in [6.45, 7) is -0.892. The van der Waals surface area contributed by atoms with Crippen molar-refractivity contribution >= 4 is 189 Å². The number of rotatable bonds is 13. The normalized spacial score (nSPS) is 13.1. The molecule has 114 heavy (non-hydrogen) atoms. The number of fused-ring (bicyclic) bond motifs is 12. The van der Waals surface area contributed by atoms with Crippen LogP contribution in [-0.4, -0.2) is 20.1 Å². The Labute approximate surface area is 663 Å². The summed E-state index contributed by atoms with van der Waals surface area (Å²) >= 11 is 0. The van der Waals surface area contributed by atoms with Gasteiger partial charge in [0.15, 0.2) is 0 Å². The van der Waals surface area contributed by atoms with Crippen molar-refractivity contribution in [1.29, 1.82) is 0 Å². The molecule has 0 aromatic heterocycles. The van der Waals surface area contributed by atoms with Gasteiger partial charge >= 0.3 is 0 Å². The molecule has 0 bridgehead atoms. The smallest absolute Gasteiger partial charge is 0.256 e. The maximum absolute atomic E-state index is 8.07. The summed E-state index contributed by atoms with van der Waals surface area (Å²) in [6, 6.07) is 151. The van der Waals surface area contributed by atoms with Crippen LogP contribution < -0.4 is 92.9 Å². The molecule has 0 saturated heterocycles. The van der Waals surface area contributed by atoms with Crippen molar-refractivity contribution < 1.29 is 9.47 Å². The molecule has 0 aliphatic carbocycles. The number of ether oxygens (including phenoxy) is 2. The summed E-state index contributed by atoms with van der Waals surface area (Å²) < 4.78 is 15.5. The number of benzene rings is 17. The molecule has 0 N–H and O–H groups in total. The lowest BCUT2D eigenvalue weighted by Gasteiger charge is -2.46. The summed E-state index contributed by atoms with van der Waals surface area (Å²) in [5, 5.41) is 0. The molecule has 532 valence electrons. The Morgan fingerprint density at radius 3 is 0.825 bits per heavy atom. The number of anilines is 21. The average molecular weight is 1460 g/mol. The first-order chi connectivity index (χ1) is 56.6. The lowest BCUT2D eigenvalue weighted by molar-refractivity contribution is 0.487. The predicted molar refractivity (Wildman–Crippen MR) is 476 cm³/mol. The fraction of sp³-hybridized carbons (Fsp3) is 0. The lowest BCUT2D eigenvalue weighted by Crippen LogP contribution is -2.65. The van der Waals surface area contributed by atoms with E-state index in [1.807, 2.05) is 0 Å². The van der Waals surface area contributed by atoms with Crippen LogP contribution in [0.1, 0.15) is 0 Å². The van der Waals surface area contributed by atoms with E-state index in [-0.39, 0.29) is 20.1 Å². The molecule has 0 amide bonds. The molecule has 0 fully saturated rings. The molecule has 6 aliphatic heterocycles. The van der Waals surface area contributed by atoms with Crippen molar-refractivity contribution in [3.05, 3.63) is 413 Å². The average Bonchev–Trinajstić information content (AvgIpc) is 0.684. The molecule has 17 aromatic carbocycles. The topological polar surface area (TPSA) is 41.1 Å². The van der Waals surface area contributed by atoms with Crippen molar-refractivity contribution in [2.45, 2.75) is 0 Å². The van der Waals surface area contributed by atoms with Crippen LogP contribution in [0.5, 0.6) is 23.0 Å². The minimum Gasteiger partial charge on any atom is -0.458 e. The van der Waals surface area contributed by atoms with Crippen molar-refractivity contribution in [3.63, 3.8) is 0 Å². The lowest BCUT2D eigenvalue weighted by atomic mass is 9.29. The number of hydrogen-bond acceptors (Lipinski definition) is 9. The molecule has 0 unspecified atom stereocenters. The first kappa shape index (κ1) is 65.1. The maximum atomic E-state index is 8.07. The molecule has 12 heteroatoms. The molecular formula is C102H68B3N7O2. The van der Waals surface area contributed by atoms with Gasteiger partial charge in [-0.2, -0.15) is 0 Å². The summed E-state index contributed by atoms with van der Waals surface area (Å²) in [7, 11) is 0. The number of para-hydroxylation sites is 12. The van der Waals surface area contributed by atoms with Gasteiger partial charge in [0.05, 0.1) is 17.1 Å². The molecule has 23 rings (SSSR count). The molecule has 0 atom stereocenters.